The Balaban J connectivity index is 1.43. The summed E-state index contributed by atoms with van der Waals surface area (Å²) in [5, 5.41) is 13.9. The number of anilines is 2. The molecule has 138 valence electrons. The van der Waals surface area contributed by atoms with Gasteiger partial charge in [-0.05, 0) is 42.7 Å². The lowest BCUT2D eigenvalue weighted by Gasteiger charge is -2.17. The number of nitrogens with one attached hydrogen (secondary N) is 3. The highest BCUT2D eigenvalue weighted by Gasteiger charge is 2.25. The Labute approximate surface area is 157 Å². The molecule has 0 bridgehead atoms. The van der Waals surface area contributed by atoms with Gasteiger partial charge in [0.2, 0.25) is 0 Å². The van der Waals surface area contributed by atoms with Crippen LogP contribution in [0.2, 0.25) is 0 Å². The van der Waals surface area contributed by atoms with Crippen LogP contribution >= 0.6 is 0 Å². The highest BCUT2D eigenvalue weighted by Crippen LogP contribution is 2.39. The lowest BCUT2D eigenvalue weighted by Crippen LogP contribution is -2.21. The van der Waals surface area contributed by atoms with Crippen molar-refractivity contribution in [2.24, 2.45) is 5.73 Å². The normalized spacial score (nSPS) is 15.0. The predicted octanol–water partition coefficient (Wildman–Crippen LogP) is 4.58. The molecule has 27 heavy (non-hydrogen) atoms. The summed E-state index contributed by atoms with van der Waals surface area (Å²) in [4.78, 5) is 0. The molecule has 1 unspecified atom stereocenters. The number of aromatic nitrogens is 2. The number of nitrogens with zero attached hydrogens (tertiary/aromatic N) is 1. The van der Waals surface area contributed by atoms with E-state index >= 15 is 0 Å². The number of aromatic amines is 1. The number of para-hydroxylation sites is 1. The maximum atomic E-state index is 13.0. The molecule has 0 saturated heterocycles. The zero-order chi connectivity index (χ0) is 18.6. The molecule has 1 saturated carbocycles. The minimum absolute atomic E-state index is 0.245. The molecule has 1 heterocycles. The van der Waals surface area contributed by atoms with Gasteiger partial charge in [0.25, 0.3) is 0 Å². The number of H-pyrrole nitrogens is 1. The molecule has 0 aliphatic heterocycles. The Morgan fingerprint density at radius 2 is 1.93 bits per heavy atom. The van der Waals surface area contributed by atoms with E-state index in [0.717, 1.165) is 22.6 Å². The molecule has 5 N–H and O–H groups in total. The van der Waals surface area contributed by atoms with Crippen molar-refractivity contribution in [2.75, 3.05) is 10.6 Å². The number of halogens is 1. The van der Waals surface area contributed by atoms with E-state index in [1.165, 1.54) is 30.7 Å². The first-order valence-electron chi connectivity index (χ1n) is 9.04. The van der Waals surface area contributed by atoms with Gasteiger partial charge in [0.05, 0.1) is 0 Å². The molecule has 2 aromatic carbocycles. The van der Waals surface area contributed by atoms with Crippen LogP contribution in [0, 0.1) is 5.82 Å². The molecule has 0 spiro atoms. The first-order valence-corrected chi connectivity index (χ1v) is 9.04. The summed E-state index contributed by atoms with van der Waals surface area (Å²) in [5.41, 5.74) is 10.3. The third-order valence-corrected chi connectivity index (χ3v) is 4.60. The fraction of sp³-hybridized carbons (Fsp3) is 0.190. The smallest absolute Gasteiger partial charge is 0.149 e. The standard InChI is InChI=1S/C21H22FN5/c22-16-9-5-14(6-10-16)11-12-24-18-4-2-1-3-17(18)21(23)25-20-13-19(26-27-20)15-7-8-15/h1-6,9-13,15,21,24H,7-8,23H2,(H2,25,26,27)/b12-11+. The number of nitrogens with two attached hydrogens (primary N) is 1. The summed E-state index contributed by atoms with van der Waals surface area (Å²) in [5.74, 6) is 1.13. The predicted molar refractivity (Wildman–Crippen MR) is 107 cm³/mol. The Morgan fingerprint density at radius 1 is 1.15 bits per heavy atom. The molecule has 1 aromatic heterocycles. The topological polar surface area (TPSA) is 78.8 Å². The van der Waals surface area contributed by atoms with Crippen molar-refractivity contribution in [3.05, 3.63) is 83.4 Å². The van der Waals surface area contributed by atoms with Crippen molar-refractivity contribution in [3.63, 3.8) is 0 Å². The van der Waals surface area contributed by atoms with Gasteiger partial charge in [-0.1, -0.05) is 30.3 Å². The van der Waals surface area contributed by atoms with Crippen LogP contribution in [0.3, 0.4) is 0 Å². The van der Waals surface area contributed by atoms with Crippen LogP contribution in [0.1, 0.15) is 41.7 Å². The van der Waals surface area contributed by atoms with Crippen molar-refractivity contribution in [3.8, 4) is 0 Å². The minimum Gasteiger partial charge on any atom is -0.361 e. The summed E-state index contributed by atoms with van der Waals surface area (Å²) in [7, 11) is 0. The number of hydrogen-bond donors (Lipinski definition) is 4. The lowest BCUT2D eigenvalue weighted by molar-refractivity contribution is 0.628. The molecular weight excluding hydrogens is 341 g/mol. The highest BCUT2D eigenvalue weighted by molar-refractivity contribution is 5.60. The molecule has 1 atom stereocenters. The van der Waals surface area contributed by atoms with Gasteiger partial charge < -0.3 is 16.4 Å². The molecule has 1 aliphatic rings. The van der Waals surface area contributed by atoms with Gasteiger partial charge >= 0.3 is 0 Å². The van der Waals surface area contributed by atoms with Crippen molar-refractivity contribution in [1.82, 2.24) is 10.2 Å². The zero-order valence-corrected chi connectivity index (χ0v) is 14.8. The van der Waals surface area contributed by atoms with E-state index in [1.807, 2.05) is 42.6 Å². The monoisotopic (exact) mass is 363 g/mol. The largest absolute Gasteiger partial charge is 0.361 e. The van der Waals surface area contributed by atoms with Gasteiger partial charge in [0, 0.05) is 35.1 Å². The van der Waals surface area contributed by atoms with Crippen LogP contribution in [0.15, 0.2) is 60.8 Å². The lowest BCUT2D eigenvalue weighted by atomic mass is 10.1. The molecule has 3 aromatic rings. The average molecular weight is 363 g/mol. The molecule has 0 radical (unpaired) electrons. The number of benzene rings is 2. The summed E-state index contributed by atoms with van der Waals surface area (Å²) in [6.45, 7) is 0. The summed E-state index contributed by atoms with van der Waals surface area (Å²) >= 11 is 0. The number of rotatable bonds is 7. The Hall–Kier alpha value is -3.12. The number of hydrogen-bond acceptors (Lipinski definition) is 4. The first-order chi connectivity index (χ1) is 13.2. The van der Waals surface area contributed by atoms with Crippen LogP contribution in [-0.4, -0.2) is 10.2 Å². The van der Waals surface area contributed by atoms with Crippen LogP contribution in [0.25, 0.3) is 6.08 Å². The van der Waals surface area contributed by atoms with E-state index in [1.54, 1.807) is 12.1 Å². The van der Waals surface area contributed by atoms with E-state index in [9.17, 15) is 4.39 Å². The molecule has 0 amide bonds. The Kier molecular flexibility index (Phi) is 4.89. The van der Waals surface area contributed by atoms with Gasteiger partial charge in [0.15, 0.2) is 0 Å². The summed E-state index contributed by atoms with van der Waals surface area (Å²) in [6, 6.07) is 16.2. The molecule has 5 nitrogen and oxygen atoms in total. The van der Waals surface area contributed by atoms with Gasteiger partial charge in [-0.25, -0.2) is 4.39 Å². The van der Waals surface area contributed by atoms with Crippen molar-refractivity contribution in [1.29, 1.82) is 0 Å². The van der Waals surface area contributed by atoms with Crippen LogP contribution in [0.5, 0.6) is 0 Å². The molecule has 6 heteroatoms. The molecule has 1 aliphatic carbocycles. The zero-order valence-electron chi connectivity index (χ0n) is 14.8. The third-order valence-electron chi connectivity index (χ3n) is 4.60. The quantitative estimate of drug-likeness (QED) is 0.463. The first kappa shape index (κ1) is 17.3. The maximum absolute atomic E-state index is 13.0. The SMILES string of the molecule is NC(Nc1cc(C2CC2)[nH]n1)c1ccccc1N/C=C/c1ccc(F)cc1. The van der Waals surface area contributed by atoms with Crippen molar-refractivity contribution >= 4 is 17.6 Å². The van der Waals surface area contributed by atoms with E-state index in [4.69, 9.17) is 5.73 Å². The van der Waals surface area contributed by atoms with Crippen LogP contribution in [0.4, 0.5) is 15.9 Å². The second-order valence-electron chi connectivity index (χ2n) is 6.72. The van der Waals surface area contributed by atoms with Crippen molar-refractivity contribution in [2.45, 2.75) is 24.9 Å². The fourth-order valence-electron chi connectivity index (χ4n) is 2.95. The highest BCUT2D eigenvalue weighted by atomic mass is 19.1. The van der Waals surface area contributed by atoms with Crippen molar-refractivity contribution < 1.29 is 4.39 Å². The minimum atomic E-state index is -0.400. The summed E-state index contributed by atoms with van der Waals surface area (Å²) < 4.78 is 13.0. The fourth-order valence-corrected chi connectivity index (χ4v) is 2.95. The Bertz CT molecular complexity index is 928. The second kappa shape index (κ2) is 7.63. The second-order valence-corrected chi connectivity index (χ2v) is 6.72. The third kappa shape index (κ3) is 4.35. The van der Waals surface area contributed by atoms with Gasteiger partial charge in [-0.15, -0.1) is 0 Å². The molecule has 4 rings (SSSR count). The van der Waals surface area contributed by atoms with Crippen LogP contribution in [-0.2, 0) is 0 Å². The summed E-state index contributed by atoms with van der Waals surface area (Å²) in [6.07, 6.45) is 5.74. The maximum Gasteiger partial charge on any atom is 0.149 e. The van der Waals surface area contributed by atoms with E-state index in [-0.39, 0.29) is 5.82 Å². The van der Waals surface area contributed by atoms with Gasteiger partial charge in [0.1, 0.15) is 17.8 Å². The Morgan fingerprint density at radius 3 is 2.70 bits per heavy atom. The van der Waals surface area contributed by atoms with Crippen LogP contribution < -0.4 is 16.4 Å². The van der Waals surface area contributed by atoms with Gasteiger partial charge in [-0.3, -0.25) is 5.10 Å². The molecule has 1 fully saturated rings. The van der Waals surface area contributed by atoms with Gasteiger partial charge in [-0.2, -0.15) is 5.10 Å². The van der Waals surface area contributed by atoms with E-state index in [0.29, 0.717) is 5.92 Å². The average Bonchev–Trinajstić information content (AvgIpc) is 3.43. The van der Waals surface area contributed by atoms with E-state index in [2.05, 4.69) is 20.8 Å². The van der Waals surface area contributed by atoms with E-state index < -0.39 is 6.17 Å². The molecular formula is C21H22FN5.